The van der Waals surface area contributed by atoms with E-state index in [2.05, 4.69) is 4.98 Å². The Balaban J connectivity index is 2.84. The maximum Gasteiger partial charge on any atom is 0.422 e. The van der Waals surface area contributed by atoms with Crippen molar-refractivity contribution in [1.82, 2.24) is 19.8 Å². The largest absolute Gasteiger partial charge is 0.479 e. The van der Waals surface area contributed by atoms with Crippen molar-refractivity contribution < 1.29 is 27.9 Å². The number of alkyl halides is 3. The quantitative estimate of drug-likeness (QED) is 0.867. The van der Waals surface area contributed by atoms with Gasteiger partial charge in [-0.05, 0) is 6.92 Å². The standard InChI is InChI=1S/C11H15F3N4O3/c1-10(8(19)20,11(12,13)14)16-9(21)18(3)6-7-15-4-5-17(7)2/h4-5H,6H2,1-3H3,(H,16,21)(H,19,20). The van der Waals surface area contributed by atoms with Crippen LogP contribution in [0.25, 0.3) is 0 Å². The van der Waals surface area contributed by atoms with E-state index < -0.39 is 23.7 Å². The number of urea groups is 1. The Morgan fingerprint density at radius 3 is 2.43 bits per heavy atom. The predicted molar refractivity (Wildman–Crippen MR) is 65.3 cm³/mol. The fourth-order valence-corrected chi connectivity index (χ4v) is 1.39. The number of aryl methyl sites for hydroxylation is 1. The minimum absolute atomic E-state index is 0.0666. The van der Waals surface area contributed by atoms with E-state index in [0.717, 1.165) is 4.90 Å². The van der Waals surface area contributed by atoms with Gasteiger partial charge in [-0.1, -0.05) is 0 Å². The second kappa shape index (κ2) is 5.62. The Morgan fingerprint density at radius 2 is 2.05 bits per heavy atom. The van der Waals surface area contributed by atoms with Crippen LogP contribution in [0.1, 0.15) is 12.7 Å². The van der Waals surface area contributed by atoms with Crippen LogP contribution in [0.4, 0.5) is 18.0 Å². The maximum absolute atomic E-state index is 12.8. The van der Waals surface area contributed by atoms with Crippen LogP contribution >= 0.6 is 0 Å². The Bertz CT molecular complexity index is 543. The number of nitrogens with zero attached hydrogens (tertiary/aromatic N) is 3. The lowest BCUT2D eigenvalue weighted by atomic mass is 10.0. The molecule has 1 heterocycles. The normalized spacial score (nSPS) is 14.4. The number of nitrogens with one attached hydrogen (secondary N) is 1. The van der Waals surface area contributed by atoms with Crippen molar-refractivity contribution in [2.24, 2.45) is 7.05 Å². The predicted octanol–water partition coefficient (Wildman–Crippen LogP) is 0.967. The zero-order valence-electron chi connectivity index (χ0n) is 11.6. The SMILES string of the molecule is CN(Cc1nccn1C)C(=O)NC(C)(C(=O)O)C(F)(F)F. The number of aliphatic carboxylic acids is 1. The lowest BCUT2D eigenvalue weighted by Crippen LogP contribution is -2.63. The molecular weight excluding hydrogens is 293 g/mol. The number of carboxylic acid groups (broad SMARTS) is 1. The molecule has 0 aromatic carbocycles. The number of halogens is 3. The molecular formula is C11H15F3N4O3. The summed E-state index contributed by atoms with van der Waals surface area (Å²) in [6.07, 6.45) is -2.05. The van der Waals surface area contributed by atoms with Gasteiger partial charge < -0.3 is 19.9 Å². The van der Waals surface area contributed by atoms with Gasteiger partial charge in [0.25, 0.3) is 0 Å². The number of aromatic nitrogens is 2. The zero-order chi connectivity index (χ0) is 16.4. The number of carbonyl (C=O) groups excluding carboxylic acids is 1. The van der Waals surface area contributed by atoms with Crippen LogP contribution in [-0.2, 0) is 18.4 Å². The summed E-state index contributed by atoms with van der Waals surface area (Å²) in [6.45, 7) is 0.324. The molecule has 1 atom stereocenters. The summed E-state index contributed by atoms with van der Waals surface area (Å²) >= 11 is 0. The minimum Gasteiger partial charge on any atom is -0.479 e. The molecule has 1 aromatic rings. The second-order valence-electron chi connectivity index (χ2n) is 4.67. The molecule has 2 amide bonds. The summed E-state index contributed by atoms with van der Waals surface area (Å²) in [5, 5.41) is 10.2. The summed E-state index contributed by atoms with van der Waals surface area (Å²) in [4.78, 5) is 27.4. The summed E-state index contributed by atoms with van der Waals surface area (Å²) in [5.41, 5.74) is -3.36. The number of hydrogen-bond acceptors (Lipinski definition) is 3. The lowest BCUT2D eigenvalue weighted by molar-refractivity contribution is -0.203. The monoisotopic (exact) mass is 308 g/mol. The van der Waals surface area contributed by atoms with E-state index in [1.54, 1.807) is 17.8 Å². The van der Waals surface area contributed by atoms with E-state index in [1.165, 1.54) is 18.6 Å². The molecule has 0 saturated carbocycles. The highest BCUT2D eigenvalue weighted by molar-refractivity contribution is 5.86. The first-order valence-electron chi connectivity index (χ1n) is 5.78. The van der Waals surface area contributed by atoms with Crippen molar-refractivity contribution in [2.75, 3.05) is 7.05 Å². The maximum atomic E-state index is 12.8. The van der Waals surface area contributed by atoms with E-state index in [-0.39, 0.29) is 6.54 Å². The van der Waals surface area contributed by atoms with Crippen LogP contribution in [0.2, 0.25) is 0 Å². The molecule has 0 spiro atoms. The van der Waals surface area contributed by atoms with E-state index >= 15 is 0 Å². The van der Waals surface area contributed by atoms with Gasteiger partial charge in [0.15, 0.2) is 0 Å². The van der Waals surface area contributed by atoms with E-state index in [0.29, 0.717) is 12.7 Å². The van der Waals surface area contributed by atoms with Crippen LogP contribution < -0.4 is 5.32 Å². The molecule has 1 unspecified atom stereocenters. The van der Waals surface area contributed by atoms with Gasteiger partial charge in [-0.2, -0.15) is 13.2 Å². The van der Waals surface area contributed by atoms with Gasteiger partial charge in [-0.15, -0.1) is 0 Å². The average molecular weight is 308 g/mol. The third-order valence-electron chi connectivity index (χ3n) is 3.00. The van der Waals surface area contributed by atoms with E-state index in [9.17, 15) is 22.8 Å². The molecule has 118 valence electrons. The highest BCUT2D eigenvalue weighted by Crippen LogP contribution is 2.30. The minimum atomic E-state index is -5.13. The topological polar surface area (TPSA) is 87.5 Å². The van der Waals surface area contributed by atoms with Gasteiger partial charge in [0.05, 0.1) is 6.54 Å². The van der Waals surface area contributed by atoms with Gasteiger partial charge in [-0.25, -0.2) is 14.6 Å². The van der Waals surface area contributed by atoms with Crippen molar-refractivity contribution in [3.63, 3.8) is 0 Å². The molecule has 10 heteroatoms. The molecule has 0 aliphatic rings. The molecule has 1 aromatic heterocycles. The van der Waals surface area contributed by atoms with Crippen LogP contribution in [0, 0.1) is 0 Å². The van der Waals surface area contributed by atoms with Crippen molar-refractivity contribution in [3.8, 4) is 0 Å². The third kappa shape index (κ3) is 3.44. The van der Waals surface area contributed by atoms with Crippen molar-refractivity contribution in [3.05, 3.63) is 18.2 Å². The number of carboxylic acids is 1. The Morgan fingerprint density at radius 1 is 1.48 bits per heavy atom. The summed E-state index contributed by atoms with van der Waals surface area (Å²) in [6, 6.07) is -1.17. The molecule has 21 heavy (non-hydrogen) atoms. The fourth-order valence-electron chi connectivity index (χ4n) is 1.39. The van der Waals surface area contributed by atoms with Crippen molar-refractivity contribution >= 4 is 12.0 Å². The number of rotatable bonds is 4. The molecule has 0 fully saturated rings. The summed E-state index contributed by atoms with van der Waals surface area (Å²) < 4.78 is 40.0. The number of amides is 2. The highest BCUT2D eigenvalue weighted by atomic mass is 19.4. The molecule has 2 N–H and O–H groups in total. The Kier molecular flexibility index (Phi) is 4.49. The van der Waals surface area contributed by atoms with Crippen LogP contribution in [0.5, 0.6) is 0 Å². The first-order valence-corrected chi connectivity index (χ1v) is 5.78. The molecule has 0 bridgehead atoms. The van der Waals surface area contributed by atoms with E-state index in [4.69, 9.17) is 5.11 Å². The third-order valence-corrected chi connectivity index (χ3v) is 3.00. The molecule has 0 saturated heterocycles. The van der Waals surface area contributed by atoms with Crippen LogP contribution in [0.15, 0.2) is 12.4 Å². The Labute approximate surface area is 118 Å². The van der Waals surface area contributed by atoms with Gasteiger partial charge >= 0.3 is 18.2 Å². The molecule has 0 aliphatic carbocycles. The molecule has 0 radical (unpaired) electrons. The average Bonchev–Trinajstić information content (AvgIpc) is 2.73. The summed E-state index contributed by atoms with van der Waals surface area (Å²) in [7, 11) is 2.90. The number of hydrogen-bond donors (Lipinski definition) is 2. The number of carbonyl (C=O) groups is 2. The van der Waals surface area contributed by atoms with Gasteiger partial charge in [0.2, 0.25) is 5.54 Å². The van der Waals surface area contributed by atoms with Crippen molar-refractivity contribution in [2.45, 2.75) is 25.2 Å². The second-order valence-corrected chi connectivity index (χ2v) is 4.67. The first kappa shape index (κ1) is 16.8. The van der Waals surface area contributed by atoms with Gasteiger partial charge in [-0.3, -0.25) is 0 Å². The Hall–Kier alpha value is -2.26. The van der Waals surface area contributed by atoms with Crippen molar-refractivity contribution in [1.29, 1.82) is 0 Å². The molecule has 7 nitrogen and oxygen atoms in total. The van der Waals surface area contributed by atoms with Gasteiger partial charge in [0.1, 0.15) is 5.82 Å². The van der Waals surface area contributed by atoms with Crippen LogP contribution in [-0.4, -0.2) is 50.3 Å². The first-order chi connectivity index (χ1) is 9.49. The fraction of sp³-hybridized carbons (Fsp3) is 0.545. The molecule has 0 aliphatic heterocycles. The molecule has 1 rings (SSSR count). The smallest absolute Gasteiger partial charge is 0.422 e. The van der Waals surface area contributed by atoms with Crippen LogP contribution in [0.3, 0.4) is 0 Å². The zero-order valence-corrected chi connectivity index (χ0v) is 11.6. The lowest BCUT2D eigenvalue weighted by Gasteiger charge is -2.30. The van der Waals surface area contributed by atoms with E-state index in [1.807, 2.05) is 0 Å². The van der Waals surface area contributed by atoms with Gasteiger partial charge in [0, 0.05) is 26.5 Å². The number of imidazole rings is 1. The highest BCUT2D eigenvalue weighted by Gasteiger charge is 2.58. The summed E-state index contributed by atoms with van der Waals surface area (Å²) in [5.74, 6) is -1.74.